The van der Waals surface area contributed by atoms with Crippen LogP contribution in [-0.2, 0) is 0 Å². The molecule has 0 radical (unpaired) electrons. The highest BCUT2D eigenvalue weighted by Gasteiger charge is 2.33. The standard InChI is InChI=1S/C18H32/c1-6-10-15-14-18(5,13-9-4)17(12-8-3)16(15)11-7-2/h14H,6-13H2,1-5H3. The van der Waals surface area contributed by atoms with Crippen molar-refractivity contribution in [3.05, 3.63) is 22.8 Å². The third-order valence-electron chi connectivity index (χ3n) is 4.22. The van der Waals surface area contributed by atoms with Crippen LogP contribution >= 0.6 is 0 Å². The van der Waals surface area contributed by atoms with Crippen molar-refractivity contribution in [1.29, 1.82) is 0 Å². The van der Waals surface area contributed by atoms with E-state index in [0.717, 1.165) is 0 Å². The van der Waals surface area contributed by atoms with Gasteiger partial charge in [-0.05, 0) is 36.8 Å². The Labute approximate surface area is 115 Å². The zero-order valence-corrected chi connectivity index (χ0v) is 13.2. The summed E-state index contributed by atoms with van der Waals surface area (Å²) < 4.78 is 0. The molecular weight excluding hydrogens is 216 g/mol. The van der Waals surface area contributed by atoms with Crippen molar-refractivity contribution in [3.8, 4) is 0 Å². The van der Waals surface area contributed by atoms with Gasteiger partial charge in [-0.3, -0.25) is 0 Å². The van der Waals surface area contributed by atoms with Crippen LogP contribution < -0.4 is 0 Å². The second-order valence-electron chi connectivity index (χ2n) is 6.04. The van der Waals surface area contributed by atoms with E-state index in [-0.39, 0.29) is 0 Å². The Morgan fingerprint density at radius 3 is 1.94 bits per heavy atom. The van der Waals surface area contributed by atoms with Crippen molar-refractivity contribution < 1.29 is 0 Å². The number of hydrogen-bond acceptors (Lipinski definition) is 0. The summed E-state index contributed by atoms with van der Waals surface area (Å²) in [4.78, 5) is 0. The van der Waals surface area contributed by atoms with Gasteiger partial charge in [0.25, 0.3) is 0 Å². The van der Waals surface area contributed by atoms with E-state index >= 15 is 0 Å². The summed E-state index contributed by atoms with van der Waals surface area (Å²) in [6.45, 7) is 11.7. The monoisotopic (exact) mass is 248 g/mol. The first-order valence-corrected chi connectivity index (χ1v) is 8.07. The highest BCUT2D eigenvalue weighted by Crippen LogP contribution is 2.48. The van der Waals surface area contributed by atoms with E-state index in [1.54, 1.807) is 16.7 Å². The molecule has 0 N–H and O–H groups in total. The molecule has 1 aliphatic rings. The molecule has 0 aromatic heterocycles. The number of hydrogen-bond donors (Lipinski definition) is 0. The average molecular weight is 248 g/mol. The molecule has 0 bridgehead atoms. The van der Waals surface area contributed by atoms with Crippen molar-refractivity contribution in [3.63, 3.8) is 0 Å². The Balaban J connectivity index is 3.10. The van der Waals surface area contributed by atoms with E-state index < -0.39 is 0 Å². The predicted molar refractivity (Wildman–Crippen MR) is 82.8 cm³/mol. The smallest absolute Gasteiger partial charge is 0.00742 e. The zero-order valence-electron chi connectivity index (χ0n) is 13.2. The lowest BCUT2D eigenvalue weighted by molar-refractivity contribution is 0.448. The van der Waals surface area contributed by atoms with Crippen molar-refractivity contribution in [2.45, 2.75) is 86.0 Å². The summed E-state index contributed by atoms with van der Waals surface area (Å²) in [6.07, 6.45) is 13.0. The molecule has 0 nitrogen and oxygen atoms in total. The van der Waals surface area contributed by atoms with E-state index in [0.29, 0.717) is 5.41 Å². The van der Waals surface area contributed by atoms with E-state index in [1.807, 2.05) is 0 Å². The Bertz CT molecular complexity index is 319. The average Bonchev–Trinajstić information content (AvgIpc) is 2.56. The summed E-state index contributed by atoms with van der Waals surface area (Å²) in [5, 5.41) is 0. The Morgan fingerprint density at radius 2 is 1.44 bits per heavy atom. The minimum atomic E-state index is 0.375. The molecule has 0 spiro atoms. The van der Waals surface area contributed by atoms with Gasteiger partial charge >= 0.3 is 0 Å². The van der Waals surface area contributed by atoms with E-state index in [4.69, 9.17) is 0 Å². The number of allylic oxidation sites excluding steroid dienone is 4. The fourth-order valence-corrected chi connectivity index (χ4v) is 3.58. The first kappa shape index (κ1) is 15.5. The molecule has 0 heterocycles. The van der Waals surface area contributed by atoms with Crippen LogP contribution in [0.15, 0.2) is 22.8 Å². The second kappa shape index (κ2) is 7.16. The van der Waals surface area contributed by atoms with Crippen LogP contribution in [0, 0.1) is 5.41 Å². The Hall–Kier alpha value is -0.520. The molecule has 0 heteroatoms. The highest BCUT2D eigenvalue weighted by atomic mass is 14.4. The van der Waals surface area contributed by atoms with E-state index in [2.05, 4.69) is 40.7 Å². The van der Waals surface area contributed by atoms with Gasteiger partial charge in [0.05, 0.1) is 0 Å². The van der Waals surface area contributed by atoms with Gasteiger partial charge in [0.15, 0.2) is 0 Å². The minimum Gasteiger partial charge on any atom is -0.0710 e. The molecule has 18 heavy (non-hydrogen) atoms. The van der Waals surface area contributed by atoms with E-state index in [1.165, 1.54) is 51.4 Å². The van der Waals surface area contributed by atoms with Crippen LogP contribution in [0.25, 0.3) is 0 Å². The summed E-state index contributed by atoms with van der Waals surface area (Å²) in [5.74, 6) is 0. The van der Waals surface area contributed by atoms with Crippen molar-refractivity contribution >= 4 is 0 Å². The van der Waals surface area contributed by atoms with Crippen LogP contribution in [0.2, 0.25) is 0 Å². The third kappa shape index (κ3) is 3.28. The summed E-state index contributed by atoms with van der Waals surface area (Å²) in [5.41, 5.74) is 5.56. The lowest BCUT2D eigenvalue weighted by atomic mass is 9.77. The van der Waals surface area contributed by atoms with Crippen LogP contribution in [0.4, 0.5) is 0 Å². The molecule has 1 rings (SSSR count). The fraction of sp³-hybridized carbons (Fsp3) is 0.778. The Morgan fingerprint density at radius 1 is 0.833 bits per heavy atom. The molecule has 104 valence electrons. The van der Waals surface area contributed by atoms with Gasteiger partial charge in [-0.15, -0.1) is 0 Å². The molecule has 1 aliphatic carbocycles. The SMILES string of the molecule is CCCC1=CC(C)(CCC)C(CCC)=C1CCC. The molecule has 0 amide bonds. The maximum atomic E-state index is 2.62. The van der Waals surface area contributed by atoms with Crippen molar-refractivity contribution in [2.75, 3.05) is 0 Å². The molecule has 0 aromatic carbocycles. The molecule has 0 saturated carbocycles. The van der Waals surface area contributed by atoms with Gasteiger partial charge in [-0.2, -0.15) is 0 Å². The topological polar surface area (TPSA) is 0 Å². The predicted octanol–water partition coefficient (Wildman–Crippen LogP) is 6.43. The largest absolute Gasteiger partial charge is 0.0710 e. The van der Waals surface area contributed by atoms with Crippen LogP contribution in [-0.4, -0.2) is 0 Å². The van der Waals surface area contributed by atoms with Crippen molar-refractivity contribution in [1.82, 2.24) is 0 Å². The molecule has 0 fully saturated rings. The molecular formula is C18H32. The second-order valence-corrected chi connectivity index (χ2v) is 6.04. The van der Waals surface area contributed by atoms with Crippen molar-refractivity contribution in [2.24, 2.45) is 5.41 Å². The minimum absolute atomic E-state index is 0.375. The fourth-order valence-electron chi connectivity index (χ4n) is 3.58. The molecule has 0 aromatic rings. The first-order chi connectivity index (χ1) is 8.62. The lowest BCUT2D eigenvalue weighted by Gasteiger charge is -2.27. The lowest BCUT2D eigenvalue weighted by Crippen LogP contribution is -2.14. The maximum absolute atomic E-state index is 2.62. The van der Waals surface area contributed by atoms with Crippen LogP contribution in [0.1, 0.15) is 86.0 Å². The Kier molecular flexibility index (Phi) is 6.18. The molecule has 0 saturated heterocycles. The van der Waals surface area contributed by atoms with Gasteiger partial charge in [0.2, 0.25) is 0 Å². The van der Waals surface area contributed by atoms with Crippen LogP contribution in [0.5, 0.6) is 0 Å². The summed E-state index contributed by atoms with van der Waals surface area (Å²) >= 11 is 0. The normalized spacial score (nSPS) is 23.7. The molecule has 1 unspecified atom stereocenters. The molecule has 1 atom stereocenters. The van der Waals surface area contributed by atoms with E-state index in [9.17, 15) is 0 Å². The van der Waals surface area contributed by atoms with Gasteiger partial charge in [-0.25, -0.2) is 0 Å². The third-order valence-corrected chi connectivity index (χ3v) is 4.22. The van der Waals surface area contributed by atoms with Gasteiger partial charge < -0.3 is 0 Å². The van der Waals surface area contributed by atoms with Crippen LogP contribution in [0.3, 0.4) is 0 Å². The summed E-state index contributed by atoms with van der Waals surface area (Å²) in [6, 6.07) is 0. The van der Waals surface area contributed by atoms with Gasteiger partial charge in [0.1, 0.15) is 0 Å². The highest BCUT2D eigenvalue weighted by molar-refractivity contribution is 5.48. The zero-order chi connectivity index (χ0) is 13.6. The summed E-state index contributed by atoms with van der Waals surface area (Å²) in [7, 11) is 0. The first-order valence-electron chi connectivity index (χ1n) is 8.07. The van der Waals surface area contributed by atoms with Gasteiger partial charge in [0, 0.05) is 5.41 Å². The molecule has 0 aliphatic heterocycles. The van der Waals surface area contributed by atoms with Gasteiger partial charge in [-0.1, -0.05) is 72.0 Å². The number of rotatable bonds is 8. The quantitative estimate of drug-likeness (QED) is 0.464. The maximum Gasteiger partial charge on any atom is 0.00742 e.